The Labute approximate surface area is 98.3 Å². The van der Waals surface area contributed by atoms with E-state index in [0.29, 0.717) is 6.61 Å². The normalized spacial score (nSPS) is 9.47. The molecular weight excluding hydrogens is 224 g/mol. The second-order valence-electron chi connectivity index (χ2n) is 3.02. The molecule has 0 atom stereocenters. The van der Waals surface area contributed by atoms with Crippen LogP contribution in [0.2, 0.25) is 0 Å². The Balaban J connectivity index is 3.04. The maximum absolute atomic E-state index is 11.0. The van der Waals surface area contributed by atoms with Crippen LogP contribution in [0.1, 0.15) is 17.3 Å². The van der Waals surface area contributed by atoms with Gasteiger partial charge in [0.2, 0.25) is 0 Å². The molecule has 0 bridgehead atoms. The molecule has 0 saturated carbocycles. The van der Waals surface area contributed by atoms with E-state index in [0.717, 1.165) is 6.08 Å². The van der Waals surface area contributed by atoms with Gasteiger partial charge in [0, 0.05) is 12.1 Å². The van der Waals surface area contributed by atoms with Crippen LogP contribution in [-0.2, 0) is 4.79 Å². The molecule has 0 radical (unpaired) electrons. The van der Waals surface area contributed by atoms with E-state index >= 15 is 0 Å². The van der Waals surface area contributed by atoms with Gasteiger partial charge in [-0.05, 0) is 19.1 Å². The number of benzene rings is 1. The standard InChI is InChI=1S/C12H12O5/c1-3-11(13)17-8-5-6-9(12(14)15)10(7-8)16-4-2/h3,5-7H,1,4H2,2H3,(H,14,15). The van der Waals surface area contributed by atoms with Crippen molar-refractivity contribution in [2.75, 3.05) is 6.61 Å². The molecule has 1 rings (SSSR count). The summed E-state index contributed by atoms with van der Waals surface area (Å²) in [5.41, 5.74) is 0.0188. The first kappa shape index (κ1) is 12.8. The first-order valence-electron chi connectivity index (χ1n) is 4.92. The Hall–Kier alpha value is -2.30. The predicted octanol–water partition coefficient (Wildman–Crippen LogP) is 1.87. The maximum atomic E-state index is 11.0. The van der Waals surface area contributed by atoms with Crippen LogP contribution < -0.4 is 9.47 Å². The number of carboxylic acid groups (broad SMARTS) is 1. The molecule has 0 aliphatic carbocycles. The summed E-state index contributed by atoms with van der Waals surface area (Å²) in [4.78, 5) is 21.9. The van der Waals surface area contributed by atoms with E-state index < -0.39 is 11.9 Å². The van der Waals surface area contributed by atoms with Crippen LogP contribution >= 0.6 is 0 Å². The van der Waals surface area contributed by atoms with Gasteiger partial charge >= 0.3 is 11.9 Å². The van der Waals surface area contributed by atoms with Gasteiger partial charge in [-0.2, -0.15) is 0 Å². The van der Waals surface area contributed by atoms with E-state index in [1.807, 2.05) is 0 Å². The van der Waals surface area contributed by atoms with Gasteiger partial charge in [0.25, 0.3) is 0 Å². The fourth-order valence-electron chi connectivity index (χ4n) is 1.18. The Kier molecular flexibility index (Phi) is 4.28. The number of carbonyl (C=O) groups excluding carboxylic acids is 1. The minimum absolute atomic E-state index is 0.0188. The summed E-state index contributed by atoms with van der Waals surface area (Å²) in [5.74, 6) is -1.34. The minimum Gasteiger partial charge on any atom is -0.493 e. The van der Waals surface area contributed by atoms with E-state index in [2.05, 4.69) is 6.58 Å². The molecule has 0 unspecified atom stereocenters. The molecule has 1 aromatic rings. The van der Waals surface area contributed by atoms with E-state index in [9.17, 15) is 9.59 Å². The summed E-state index contributed by atoms with van der Waals surface area (Å²) >= 11 is 0. The second kappa shape index (κ2) is 5.69. The second-order valence-corrected chi connectivity index (χ2v) is 3.02. The van der Waals surface area contributed by atoms with E-state index in [-0.39, 0.29) is 17.1 Å². The van der Waals surface area contributed by atoms with Crippen molar-refractivity contribution >= 4 is 11.9 Å². The predicted molar refractivity (Wildman–Crippen MR) is 60.4 cm³/mol. The van der Waals surface area contributed by atoms with Gasteiger partial charge in [-0.15, -0.1) is 0 Å². The first-order valence-corrected chi connectivity index (χ1v) is 4.92. The highest BCUT2D eigenvalue weighted by Gasteiger charge is 2.13. The molecule has 1 aromatic carbocycles. The van der Waals surface area contributed by atoms with Crippen LogP contribution in [0.3, 0.4) is 0 Å². The van der Waals surface area contributed by atoms with E-state index in [1.54, 1.807) is 6.92 Å². The number of ether oxygens (including phenoxy) is 2. The van der Waals surface area contributed by atoms with Crippen LogP contribution in [-0.4, -0.2) is 23.7 Å². The number of carbonyl (C=O) groups is 2. The van der Waals surface area contributed by atoms with Gasteiger partial charge in [-0.3, -0.25) is 0 Å². The third-order valence-electron chi connectivity index (χ3n) is 1.87. The molecule has 90 valence electrons. The Bertz CT molecular complexity index is 450. The van der Waals surface area contributed by atoms with Crippen molar-refractivity contribution in [1.29, 1.82) is 0 Å². The Morgan fingerprint density at radius 2 is 2.18 bits per heavy atom. The summed E-state index contributed by atoms with van der Waals surface area (Å²) in [5, 5.41) is 8.91. The van der Waals surface area contributed by atoms with Crippen LogP contribution in [0.5, 0.6) is 11.5 Å². The van der Waals surface area contributed by atoms with Crippen LogP contribution in [0.15, 0.2) is 30.9 Å². The molecule has 0 amide bonds. The van der Waals surface area contributed by atoms with Crippen molar-refractivity contribution in [2.45, 2.75) is 6.92 Å². The van der Waals surface area contributed by atoms with Crippen LogP contribution in [0.25, 0.3) is 0 Å². The lowest BCUT2D eigenvalue weighted by Crippen LogP contribution is -2.06. The highest BCUT2D eigenvalue weighted by molar-refractivity contribution is 5.91. The van der Waals surface area contributed by atoms with Crippen LogP contribution in [0, 0.1) is 0 Å². The Morgan fingerprint density at radius 3 is 2.71 bits per heavy atom. The fourth-order valence-corrected chi connectivity index (χ4v) is 1.18. The molecule has 0 aliphatic rings. The largest absolute Gasteiger partial charge is 0.493 e. The van der Waals surface area contributed by atoms with Gasteiger partial charge < -0.3 is 14.6 Å². The fraction of sp³-hybridized carbons (Fsp3) is 0.167. The smallest absolute Gasteiger partial charge is 0.339 e. The van der Waals surface area contributed by atoms with Crippen molar-refractivity contribution in [3.8, 4) is 11.5 Å². The zero-order valence-corrected chi connectivity index (χ0v) is 9.30. The summed E-state index contributed by atoms with van der Waals surface area (Å²) in [6.07, 6.45) is 1.02. The zero-order valence-electron chi connectivity index (χ0n) is 9.30. The molecule has 1 N–H and O–H groups in total. The topological polar surface area (TPSA) is 72.8 Å². The van der Waals surface area contributed by atoms with Crippen molar-refractivity contribution in [2.24, 2.45) is 0 Å². The molecule has 17 heavy (non-hydrogen) atoms. The maximum Gasteiger partial charge on any atom is 0.339 e. The number of carboxylic acids is 1. The monoisotopic (exact) mass is 236 g/mol. The van der Waals surface area contributed by atoms with Crippen molar-refractivity contribution < 1.29 is 24.2 Å². The highest BCUT2D eigenvalue weighted by Crippen LogP contribution is 2.25. The summed E-state index contributed by atoms with van der Waals surface area (Å²) in [6, 6.07) is 4.06. The number of hydrogen-bond acceptors (Lipinski definition) is 4. The molecular formula is C12H12O5. The quantitative estimate of drug-likeness (QED) is 0.480. The molecule has 0 fully saturated rings. The lowest BCUT2D eigenvalue weighted by Gasteiger charge is -2.09. The average Bonchev–Trinajstić information content (AvgIpc) is 2.29. The number of hydrogen-bond donors (Lipinski definition) is 1. The van der Waals surface area contributed by atoms with Crippen molar-refractivity contribution in [1.82, 2.24) is 0 Å². The number of esters is 1. The van der Waals surface area contributed by atoms with E-state index in [4.69, 9.17) is 14.6 Å². The molecule has 5 nitrogen and oxygen atoms in total. The van der Waals surface area contributed by atoms with Gasteiger partial charge in [0.05, 0.1) is 6.61 Å². The highest BCUT2D eigenvalue weighted by atomic mass is 16.5. The first-order chi connectivity index (χ1) is 8.08. The van der Waals surface area contributed by atoms with E-state index in [1.165, 1.54) is 18.2 Å². The number of rotatable bonds is 5. The lowest BCUT2D eigenvalue weighted by molar-refractivity contribution is -0.128. The molecule has 0 aromatic heterocycles. The van der Waals surface area contributed by atoms with Crippen LogP contribution in [0.4, 0.5) is 0 Å². The minimum atomic E-state index is -1.10. The number of aromatic carboxylic acids is 1. The molecule has 0 spiro atoms. The molecule has 5 heteroatoms. The third kappa shape index (κ3) is 3.34. The summed E-state index contributed by atoms with van der Waals surface area (Å²) in [6.45, 7) is 5.31. The summed E-state index contributed by atoms with van der Waals surface area (Å²) < 4.78 is 10.0. The molecule has 0 saturated heterocycles. The van der Waals surface area contributed by atoms with Gasteiger partial charge in [0.15, 0.2) is 0 Å². The summed E-state index contributed by atoms with van der Waals surface area (Å²) in [7, 11) is 0. The third-order valence-corrected chi connectivity index (χ3v) is 1.87. The average molecular weight is 236 g/mol. The van der Waals surface area contributed by atoms with Crippen molar-refractivity contribution in [3.63, 3.8) is 0 Å². The van der Waals surface area contributed by atoms with Gasteiger partial charge in [0.1, 0.15) is 17.1 Å². The SMILES string of the molecule is C=CC(=O)Oc1ccc(C(=O)O)c(OCC)c1. The zero-order chi connectivity index (χ0) is 12.8. The van der Waals surface area contributed by atoms with Gasteiger partial charge in [-0.25, -0.2) is 9.59 Å². The van der Waals surface area contributed by atoms with Gasteiger partial charge in [-0.1, -0.05) is 6.58 Å². The molecule has 0 aliphatic heterocycles. The van der Waals surface area contributed by atoms with Crippen molar-refractivity contribution in [3.05, 3.63) is 36.4 Å². The lowest BCUT2D eigenvalue weighted by atomic mass is 10.2. The Morgan fingerprint density at radius 1 is 1.47 bits per heavy atom. The molecule has 0 heterocycles.